The second-order valence-corrected chi connectivity index (χ2v) is 5.90. The second-order valence-electron chi connectivity index (χ2n) is 4.28. The van der Waals surface area contributed by atoms with Crippen LogP contribution in [0.25, 0.3) is 0 Å². The van der Waals surface area contributed by atoms with Crippen molar-refractivity contribution < 1.29 is 17.7 Å². The Kier molecular flexibility index (Phi) is 3.86. The van der Waals surface area contributed by atoms with E-state index in [1.165, 1.54) is 6.07 Å². The standard InChI is InChI=1S/C12H13N3O4S/c1-8-6-11(15-19-8)12(16)14-10-4-2-9(3-5-10)7-20(13,17)18/h2-6H,7H2,1H3,(H,14,16)(H2,13,17,18). The molecule has 20 heavy (non-hydrogen) atoms. The molecule has 0 fully saturated rings. The summed E-state index contributed by atoms with van der Waals surface area (Å²) in [7, 11) is -3.56. The number of hydrogen-bond acceptors (Lipinski definition) is 5. The highest BCUT2D eigenvalue weighted by atomic mass is 32.2. The quantitative estimate of drug-likeness (QED) is 0.873. The van der Waals surface area contributed by atoms with Crippen LogP contribution < -0.4 is 10.5 Å². The first kappa shape index (κ1) is 14.2. The number of hydrogen-bond donors (Lipinski definition) is 2. The van der Waals surface area contributed by atoms with Crippen molar-refractivity contribution in [3.63, 3.8) is 0 Å². The van der Waals surface area contributed by atoms with Gasteiger partial charge < -0.3 is 9.84 Å². The second kappa shape index (κ2) is 5.43. The molecule has 8 heteroatoms. The lowest BCUT2D eigenvalue weighted by Gasteiger charge is -2.04. The number of aryl methyl sites for hydroxylation is 1. The van der Waals surface area contributed by atoms with Crippen LogP contribution in [0.3, 0.4) is 0 Å². The van der Waals surface area contributed by atoms with E-state index in [9.17, 15) is 13.2 Å². The number of sulfonamides is 1. The first-order valence-corrected chi connectivity index (χ1v) is 7.39. The number of nitrogens with two attached hydrogens (primary N) is 1. The third-order valence-electron chi connectivity index (χ3n) is 2.44. The van der Waals surface area contributed by atoms with Gasteiger partial charge in [-0.25, -0.2) is 13.6 Å². The summed E-state index contributed by atoms with van der Waals surface area (Å²) >= 11 is 0. The molecule has 0 spiro atoms. The maximum atomic E-state index is 11.8. The highest BCUT2D eigenvalue weighted by Gasteiger charge is 2.11. The SMILES string of the molecule is Cc1cc(C(=O)Nc2ccc(CS(N)(=O)=O)cc2)no1. The van der Waals surface area contributed by atoms with E-state index in [1.807, 2.05) is 0 Å². The first-order valence-electron chi connectivity index (χ1n) is 5.67. The van der Waals surface area contributed by atoms with E-state index in [0.717, 1.165) is 0 Å². The number of benzene rings is 1. The van der Waals surface area contributed by atoms with Crippen molar-refractivity contribution >= 4 is 21.6 Å². The van der Waals surface area contributed by atoms with Gasteiger partial charge in [-0.1, -0.05) is 17.3 Å². The summed E-state index contributed by atoms with van der Waals surface area (Å²) in [6, 6.07) is 7.85. The minimum Gasteiger partial charge on any atom is -0.361 e. The van der Waals surface area contributed by atoms with Gasteiger partial charge in [0.25, 0.3) is 5.91 Å². The number of rotatable bonds is 4. The molecular weight excluding hydrogens is 282 g/mol. The maximum Gasteiger partial charge on any atom is 0.277 e. The molecule has 3 N–H and O–H groups in total. The third-order valence-corrected chi connectivity index (χ3v) is 3.18. The molecule has 0 aliphatic carbocycles. The van der Waals surface area contributed by atoms with Crippen molar-refractivity contribution in [3.05, 3.63) is 47.3 Å². The van der Waals surface area contributed by atoms with Gasteiger partial charge in [0, 0.05) is 11.8 Å². The van der Waals surface area contributed by atoms with Gasteiger partial charge in [0.05, 0.1) is 5.75 Å². The Morgan fingerprint density at radius 2 is 2.00 bits per heavy atom. The Bertz CT molecular complexity index is 719. The fraction of sp³-hybridized carbons (Fsp3) is 0.167. The largest absolute Gasteiger partial charge is 0.361 e. The van der Waals surface area contributed by atoms with Gasteiger partial charge in [-0.15, -0.1) is 0 Å². The normalized spacial score (nSPS) is 11.3. The average Bonchev–Trinajstić information content (AvgIpc) is 2.77. The Labute approximate surface area is 115 Å². The lowest BCUT2D eigenvalue weighted by atomic mass is 10.2. The number of carbonyl (C=O) groups is 1. The van der Waals surface area contributed by atoms with E-state index in [1.54, 1.807) is 31.2 Å². The topological polar surface area (TPSA) is 115 Å². The zero-order chi connectivity index (χ0) is 14.8. The highest BCUT2D eigenvalue weighted by molar-refractivity contribution is 7.88. The van der Waals surface area contributed by atoms with E-state index in [2.05, 4.69) is 10.5 Å². The Balaban J connectivity index is 2.06. The number of anilines is 1. The molecule has 2 aromatic rings. The summed E-state index contributed by atoms with van der Waals surface area (Å²) in [5.41, 5.74) is 1.24. The molecule has 0 saturated heterocycles. The monoisotopic (exact) mass is 295 g/mol. The summed E-state index contributed by atoms with van der Waals surface area (Å²) < 4.78 is 26.7. The zero-order valence-corrected chi connectivity index (χ0v) is 11.5. The van der Waals surface area contributed by atoms with Crippen LogP contribution in [0.1, 0.15) is 21.8 Å². The predicted molar refractivity (Wildman–Crippen MR) is 72.4 cm³/mol. The Hall–Kier alpha value is -2.19. The van der Waals surface area contributed by atoms with E-state index in [4.69, 9.17) is 9.66 Å². The molecule has 106 valence electrons. The number of amides is 1. The van der Waals surface area contributed by atoms with Crippen LogP contribution in [0.2, 0.25) is 0 Å². The van der Waals surface area contributed by atoms with Gasteiger partial charge in [0.1, 0.15) is 5.76 Å². The lowest BCUT2D eigenvalue weighted by Crippen LogP contribution is -2.15. The minimum absolute atomic E-state index is 0.177. The molecule has 0 atom stereocenters. The molecule has 1 aromatic carbocycles. The van der Waals surface area contributed by atoms with Crippen LogP contribution in [0.4, 0.5) is 5.69 Å². The number of nitrogens with one attached hydrogen (secondary N) is 1. The van der Waals surface area contributed by atoms with E-state index in [-0.39, 0.29) is 11.4 Å². The molecule has 7 nitrogen and oxygen atoms in total. The van der Waals surface area contributed by atoms with Crippen LogP contribution in [0.15, 0.2) is 34.9 Å². The minimum atomic E-state index is -3.56. The lowest BCUT2D eigenvalue weighted by molar-refractivity contribution is 0.101. The van der Waals surface area contributed by atoms with Gasteiger partial charge in [0.2, 0.25) is 10.0 Å². The van der Waals surface area contributed by atoms with Crippen molar-refractivity contribution in [2.75, 3.05) is 5.32 Å². The van der Waals surface area contributed by atoms with Crippen molar-refractivity contribution in [3.8, 4) is 0 Å². The van der Waals surface area contributed by atoms with Crippen LogP contribution in [-0.2, 0) is 15.8 Å². The van der Waals surface area contributed by atoms with Gasteiger partial charge in [0.15, 0.2) is 5.69 Å². The maximum absolute atomic E-state index is 11.8. The molecule has 0 unspecified atom stereocenters. The Morgan fingerprint density at radius 3 is 2.50 bits per heavy atom. The van der Waals surface area contributed by atoms with Crippen LogP contribution in [0.5, 0.6) is 0 Å². The number of nitrogens with zero attached hydrogens (tertiary/aromatic N) is 1. The fourth-order valence-electron chi connectivity index (χ4n) is 1.59. The third kappa shape index (κ3) is 3.90. The molecule has 2 rings (SSSR count). The van der Waals surface area contributed by atoms with Gasteiger partial charge in [-0.2, -0.15) is 0 Å². The first-order chi connectivity index (χ1) is 9.33. The summed E-state index contributed by atoms with van der Waals surface area (Å²) in [5.74, 6) is -0.108. The number of primary sulfonamides is 1. The fourth-order valence-corrected chi connectivity index (χ4v) is 2.24. The number of carbonyl (C=O) groups excluding carboxylic acids is 1. The molecule has 1 heterocycles. The molecule has 0 aliphatic rings. The van der Waals surface area contributed by atoms with Crippen LogP contribution >= 0.6 is 0 Å². The molecule has 1 amide bonds. The van der Waals surface area contributed by atoms with Gasteiger partial charge >= 0.3 is 0 Å². The highest BCUT2D eigenvalue weighted by Crippen LogP contribution is 2.12. The smallest absolute Gasteiger partial charge is 0.277 e. The van der Waals surface area contributed by atoms with Gasteiger partial charge in [-0.3, -0.25) is 4.79 Å². The van der Waals surface area contributed by atoms with Gasteiger partial charge in [-0.05, 0) is 24.6 Å². The van der Waals surface area contributed by atoms with Crippen molar-refractivity contribution in [1.82, 2.24) is 5.16 Å². The molecule has 0 radical (unpaired) electrons. The van der Waals surface area contributed by atoms with Crippen molar-refractivity contribution in [1.29, 1.82) is 0 Å². The summed E-state index contributed by atoms with van der Waals surface area (Å²) in [6.07, 6.45) is 0. The van der Waals surface area contributed by atoms with Crippen molar-refractivity contribution in [2.45, 2.75) is 12.7 Å². The molecule has 1 aromatic heterocycles. The molecular formula is C12H13N3O4S. The van der Waals surface area contributed by atoms with Crippen LogP contribution in [-0.4, -0.2) is 19.5 Å². The zero-order valence-electron chi connectivity index (χ0n) is 10.7. The summed E-state index contributed by atoms with van der Waals surface area (Å²) in [5, 5.41) is 11.2. The summed E-state index contributed by atoms with van der Waals surface area (Å²) in [4.78, 5) is 11.8. The van der Waals surface area contributed by atoms with E-state index >= 15 is 0 Å². The van der Waals surface area contributed by atoms with E-state index < -0.39 is 15.9 Å². The summed E-state index contributed by atoms with van der Waals surface area (Å²) in [6.45, 7) is 1.69. The number of aromatic nitrogens is 1. The van der Waals surface area contributed by atoms with Crippen molar-refractivity contribution in [2.24, 2.45) is 5.14 Å². The molecule has 0 saturated carbocycles. The Morgan fingerprint density at radius 1 is 1.35 bits per heavy atom. The average molecular weight is 295 g/mol. The van der Waals surface area contributed by atoms with Crippen LogP contribution in [0, 0.1) is 6.92 Å². The molecule has 0 bridgehead atoms. The molecule has 0 aliphatic heterocycles. The van der Waals surface area contributed by atoms with E-state index in [0.29, 0.717) is 17.0 Å². The predicted octanol–water partition coefficient (Wildman–Crippen LogP) is 1.02.